The topological polar surface area (TPSA) is 124 Å². The molecule has 0 radical (unpaired) electrons. The third-order valence-corrected chi connectivity index (χ3v) is 10.2. The number of phenolic OH excluding ortho intramolecular Hbond substituents is 1. The van der Waals surface area contributed by atoms with Crippen molar-refractivity contribution in [2.24, 2.45) is 0 Å². The molecule has 0 amide bonds. The van der Waals surface area contributed by atoms with Crippen LogP contribution in [0.4, 0.5) is 0 Å². The molecular weight excluding hydrogens is 660 g/mol. The molecule has 3 aromatic carbocycles. The Morgan fingerprint density at radius 3 is 2.67 bits per heavy atom. The summed E-state index contributed by atoms with van der Waals surface area (Å²) in [5.74, 6) is -0.426. The second kappa shape index (κ2) is 14.3. The van der Waals surface area contributed by atoms with Gasteiger partial charge < -0.3 is 14.0 Å². The van der Waals surface area contributed by atoms with Gasteiger partial charge in [-0.25, -0.2) is 4.68 Å². The Hall–Kier alpha value is -3.48. The predicted molar refractivity (Wildman–Crippen MR) is 176 cm³/mol. The van der Waals surface area contributed by atoms with Crippen LogP contribution in [0.25, 0.3) is 11.0 Å². The summed E-state index contributed by atoms with van der Waals surface area (Å²) >= 11 is 3.49. The van der Waals surface area contributed by atoms with Gasteiger partial charge in [-0.05, 0) is 85.7 Å². The average Bonchev–Trinajstić information content (AvgIpc) is 3.42. The minimum absolute atomic E-state index is 0.0363. The third kappa shape index (κ3) is 7.50. The van der Waals surface area contributed by atoms with Gasteiger partial charge in [0.25, 0.3) is 0 Å². The first-order valence-corrected chi connectivity index (χ1v) is 17.7. The number of hydrogen-bond acceptors (Lipinski definition) is 8. The van der Waals surface area contributed by atoms with Crippen LogP contribution in [0.5, 0.6) is 11.5 Å². The van der Waals surface area contributed by atoms with E-state index in [0.29, 0.717) is 5.56 Å². The summed E-state index contributed by atoms with van der Waals surface area (Å²) in [7, 11) is -4.06. The number of nitrogens with zero attached hydrogens (tertiary/aromatic N) is 4. The van der Waals surface area contributed by atoms with Crippen LogP contribution in [-0.2, 0) is 39.5 Å². The number of unbranched alkanes of at least 4 members (excludes halogenated alkanes) is 3. The molecule has 1 aromatic heterocycles. The van der Waals surface area contributed by atoms with Crippen molar-refractivity contribution in [3.63, 3.8) is 0 Å². The number of ether oxygens (including phenoxy) is 1. The van der Waals surface area contributed by atoms with Crippen molar-refractivity contribution in [1.82, 2.24) is 19.3 Å². The molecule has 0 bridgehead atoms. The Morgan fingerprint density at radius 2 is 1.89 bits per heavy atom. The lowest BCUT2D eigenvalue weighted by atomic mass is 9.84. The largest absolute Gasteiger partial charge is 0.508 e. The van der Waals surface area contributed by atoms with Gasteiger partial charge in [-0.2, -0.15) is 12.7 Å². The molecule has 1 unspecified atom stereocenters. The normalized spacial score (nSPS) is 15.0. The smallest absolute Gasteiger partial charge is 0.385 e. The van der Waals surface area contributed by atoms with Crippen molar-refractivity contribution >= 4 is 43.2 Å². The summed E-state index contributed by atoms with van der Waals surface area (Å²) in [5.41, 5.74) is 6.75. The number of aryl methyl sites for hydroxylation is 3. The Labute approximate surface area is 272 Å². The van der Waals surface area contributed by atoms with Crippen molar-refractivity contribution in [2.45, 2.75) is 78.4 Å². The van der Waals surface area contributed by atoms with Gasteiger partial charge in [-0.1, -0.05) is 58.3 Å². The molecule has 1 aliphatic rings. The average molecular weight is 700 g/mol. The number of halogens is 1. The van der Waals surface area contributed by atoms with E-state index in [-0.39, 0.29) is 49.5 Å². The van der Waals surface area contributed by atoms with Gasteiger partial charge in [0.15, 0.2) is 0 Å². The number of carbonyl (C=O) groups is 1. The lowest BCUT2D eigenvalue weighted by molar-refractivity contribution is -0.143. The van der Waals surface area contributed by atoms with E-state index < -0.39 is 10.3 Å². The minimum atomic E-state index is -4.06. The Kier molecular flexibility index (Phi) is 10.5. The van der Waals surface area contributed by atoms with Crippen molar-refractivity contribution < 1.29 is 27.2 Å². The fraction of sp³-hybridized carbons (Fsp3) is 0.424. The van der Waals surface area contributed by atoms with E-state index in [9.17, 15) is 18.3 Å². The Balaban J connectivity index is 1.46. The molecule has 4 aromatic rings. The van der Waals surface area contributed by atoms with E-state index >= 15 is 0 Å². The molecule has 0 saturated carbocycles. The molecule has 12 heteroatoms. The lowest BCUT2D eigenvalue weighted by Gasteiger charge is -2.28. The van der Waals surface area contributed by atoms with Crippen LogP contribution in [0.3, 0.4) is 0 Å². The fourth-order valence-electron chi connectivity index (χ4n) is 5.84. The highest BCUT2D eigenvalue weighted by Crippen LogP contribution is 2.36. The molecule has 1 aliphatic heterocycles. The zero-order valence-electron chi connectivity index (χ0n) is 25.8. The number of fused-ring (bicyclic) bond motifs is 2. The molecule has 10 nitrogen and oxygen atoms in total. The van der Waals surface area contributed by atoms with Crippen LogP contribution >= 0.6 is 15.9 Å². The third-order valence-electron chi connectivity index (χ3n) is 8.31. The van der Waals surface area contributed by atoms with Crippen molar-refractivity contribution in [1.29, 1.82) is 0 Å². The molecule has 0 aliphatic carbocycles. The number of carbonyl (C=O) groups excluding carboxylic acids is 1. The molecule has 1 N–H and O–H groups in total. The van der Waals surface area contributed by atoms with E-state index in [4.69, 9.17) is 8.92 Å². The van der Waals surface area contributed by atoms with Crippen LogP contribution in [0.15, 0.2) is 48.5 Å². The van der Waals surface area contributed by atoms with Crippen LogP contribution in [0.1, 0.15) is 78.3 Å². The summed E-state index contributed by atoms with van der Waals surface area (Å²) in [4.78, 5) is 12.9. The quantitative estimate of drug-likeness (QED) is 0.0962. The number of aromatic nitrogens is 3. The van der Waals surface area contributed by atoms with Gasteiger partial charge >= 0.3 is 16.3 Å². The number of aromatic hydroxyl groups is 1. The molecule has 2 heterocycles. The Bertz CT molecular complexity index is 1790. The van der Waals surface area contributed by atoms with Gasteiger partial charge in [0.1, 0.15) is 17.0 Å². The van der Waals surface area contributed by atoms with Gasteiger partial charge in [0.05, 0.1) is 18.5 Å². The summed E-state index contributed by atoms with van der Waals surface area (Å²) in [5, 5.41) is 19.9. The molecule has 0 fully saturated rings. The highest BCUT2D eigenvalue weighted by Gasteiger charge is 2.32. The van der Waals surface area contributed by atoms with E-state index in [2.05, 4.69) is 26.2 Å². The molecular formula is C33H39BrN4O6S. The van der Waals surface area contributed by atoms with E-state index in [1.807, 2.05) is 48.9 Å². The summed E-state index contributed by atoms with van der Waals surface area (Å²) < 4.78 is 40.0. The minimum Gasteiger partial charge on any atom is -0.508 e. The second-order valence-electron chi connectivity index (χ2n) is 11.4. The predicted octanol–water partition coefficient (Wildman–Crippen LogP) is 6.43. The number of rotatable bonds is 13. The van der Waals surface area contributed by atoms with E-state index in [0.717, 1.165) is 70.0 Å². The number of esters is 1. The first kappa shape index (κ1) is 32.9. The van der Waals surface area contributed by atoms with E-state index in [1.54, 1.807) is 6.92 Å². The summed E-state index contributed by atoms with van der Waals surface area (Å²) in [6.07, 6.45) is 4.59. The number of phenols is 1. The van der Waals surface area contributed by atoms with Gasteiger partial charge in [0.2, 0.25) is 0 Å². The number of alkyl halides is 1. The second-order valence-corrected chi connectivity index (χ2v) is 13.7. The maximum absolute atomic E-state index is 13.0. The SMILES string of the molecule is CCOC(=O)CC(c1ccc(C)c(CN2Cc3cc(O)ccc3OS2(=O)=O)c1)c1ccc2c(nnn2CCCCCCBr)c1C. The molecule has 5 rings (SSSR count). The highest BCUT2D eigenvalue weighted by molar-refractivity contribution is 9.09. The van der Waals surface area contributed by atoms with Crippen LogP contribution in [0, 0.1) is 13.8 Å². The first-order chi connectivity index (χ1) is 21.6. The summed E-state index contributed by atoms with van der Waals surface area (Å²) in [6, 6.07) is 14.3. The van der Waals surface area contributed by atoms with Crippen LogP contribution < -0.4 is 4.18 Å². The zero-order valence-corrected chi connectivity index (χ0v) is 28.2. The first-order valence-electron chi connectivity index (χ1n) is 15.3. The van der Waals surface area contributed by atoms with Crippen LogP contribution in [0.2, 0.25) is 0 Å². The molecule has 0 saturated heterocycles. The van der Waals surface area contributed by atoms with Crippen LogP contribution in [-0.4, -0.2) is 50.7 Å². The van der Waals surface area contributed by atoms with Crippen molar-refractivity contribution in [3.05, 3.63) is 81.9 Å². The molecule has 0 spiro atoms. The zero-order chi connectivity index (χ0) is 32.1. The fourth-order valence-corrected chi connectivity index (χ4v) is 7.32. The standard InChI is InChI=1S/C33H39BrN4O6S/c1-4-43-32(40)19-29(28-12-13-30-33(23(28)3)35-36-38(30)16-8-6-5-7-15-34)24-10-9-22(2)25(17-24)20-37-21-26-18-27(39)11-14-31(26)44-45(37,41)42/h9-14,17-18,29,39H,4-8,15-16,19-21H2,1-3H3. The van der Waals surface area contributed by atoms with Gasteiger partial charge in [-0.15, -0.1) is 5.10 Å². The Morgan fingerprint density at radius 1 is 1.09 bits per heavy atom. The molecule has 240 valence electrons. The van der Waals surface area contributed by atoms with E-state index in [1.165, 1.54) is 28.9 Å². The number of benzene rings is 3. The van der Waals surface area contributed by atoms with Gasteiger partial charge in [-0.3, -0.25) is 4.79 Å². The highest BCUT2D eigenvalue weighted by atomic mass is 79.9. The molecule has 45 heavy (non-hydrogen) atoms. The van der Waals surface area contributed by atoms with Crippen molar-refractivity contribution in [2.75, 3.05) is 11.9 Å². The van der Waals surface area contributed by atoms with Crippen molar-refractivity contribution in [3.8, 4) is 11.5 Å². The maximum atomic E-state index is 13.0. The lowest BCUT2D eigenvalue weighted by Crippen LogP contribution is -2.37. The molecule has 1 atom stereocenters. The number of hydrogen-bond donors (Lipinski definition) is 1. The maximum Gasteiger partial charge on any atom is 0.385 e. The summed E-state index contributed by atoms with van der Waals surface area (Å²) in [6.45, 7) is 6.89. The van der Waals surface area contributed by atoms with Gasteiger partial charge in [0, 0.05) is 36.4 Å². The monoisotopic (exact) mass is 698 g/mol.